The van der Waals surface area contributed by atoms with E-state index in [4.69, 9.17) is 0 Å². The molecule has 0 saturated heterocycles. The lowest BCUT2D eigenvalue weighted by Gasteiger charge is -2.56. The largest absolute Gasteiger partial charge is 0.345 e. The number of hydrogen-bond acceptors (Lipinski definition) is 1. The number of rotatable bonds is 6. The van der Waals surface area contributed by atoms with E-state index >= 15 is 0 Å². The van der Waals surface area contributed by atoms with Gasteiger partial charge in [-0.05, 0) is 86.8 Å². The van der Waals surface area contributed by atoms with Gasteiger partial charge in [0.25, 0.3) is 0 Å². The lowest BCUT2D eigenvalue weighted by Crippen LogP contribution is -2.55. The Kier molecular flexibility index (Phi) is 4.14. The van der Waals surface area contributed by atoms with Crippen LogP contribution in [0.2, 0.25) is 0 Å². The summed E-state index contributed by atoms with van der Waals surface area (Å²) >= 11 is 0. The summed E-state index contributed by atoms with van der Waals surface area (Å²) in [5.41, 5.74) is 2.57. The first-order valence-corrected chi connectivity index (χ1v) is 11.7. The highest BCUT2D eigenvalue weighted by Crippen LogP contribution is 2.61. The van der Waals surface area contributed by atoms with Gasteiger partial charge >= 0.3 is 0 Å². The molecule has 1 heterocycles. The van der Waals surface area contributed by atoms with Gasteiger partial charge in [0.05, 0.1) is 12.0 Å². The molecule has 0 radical (unpaired) electrons. The second-order valence-corrected chi connectivity index (χ2v) is 10.5. The Bertz CT molecular complexity index is 859. The third-order valence-electron chi connectivity index (χ3n) is 8.19. The summed E-state index contributed by atoms with van der Waals surface area (Å²) in [5, 5.41) is 0. The topological polar surface area (TPSA) is 25.2 Å². The van der Waals surface area contributed by atoms with E-state index in [0.29, 0.717) is 11.9 Å². The Morgan fingerprint density at radius 2 is 1.59 bits per heavy atom. The van der Waals surface area contributed by atoms with Crippen LogP contribution in [0.15, 0.2) is 48.7 Å². The van der Waals surface area contributed by atoms with Crippen molar-refractivity contribution in [2.75, 3.05) is 0 Å². The van der Waals surface area contributed by atoms with Crippen molar-refractivity contribution in [3.05, 3.63) is 59.9 Å². The van der Waals surface area contributed by atoms with E-state index < -0.39 is 0 Å². The van der Waals surface area contributed by atoms with Crippen LogP contribution in [0.3, 0.4) is 0 Å². The molecule has 0 N–H and O–H groups in total. The predicted octanol–water partition coefficient (Wildman–Crippen LogP) is 5.24. The molecule has 5 saturated carbocycles. The van der Waals surface area contributed by atoms with Crippen molar-refractivity contribution in [2.24, 2.45) is 23.2 Å². The molecule has 4 bridgehead atoms. The molecule has 7 rings (SSSR count). The SMILES string of the molecule is O=C(N(Cc1cccn1Cc1ccccc1)C1CC1)C12CC3CC(CC(C3)C1)C2. The Labute approximate surface area is 174 Å². The minimum atomic E-state index is -0.0196. The van der Waals surface area contributed by atoms with Crippen LogP contribution in [0.4, 0.5) is 0 Å². The van der Waals surface area contributed by atoms with Gasteiger partial charge < -0.3 is 9.47 Å². The molecule has 3 heteroatoms. The molecular weight excluding hydrogens is 356 g/mol. The van der Waals surface area contributed by atoms with Crippen molar-refractivity contribution in [1.82, 2.24) is 9.47 Å². The molecule has 1 aromatic carbocycles. The lowest BCUT2D eigenvalue weighted by atomic mass is 9.49. The van der Waals surface area contributed by atoms with E-state index in [1.807, 2.05) is 0 Å². The monoisotopic (exact) mass is 388 g/mol. The Hall–Kier alpha value is -2.03. The molecule has 1 amide bonds. The predicted molar refractivity (Wildman–Crippen MR) is 114 cm³/mol. The highest BCUT2D eigenvalue weighted by atomic mass is 16.2. The van der Waals surface area contributed by atoms with Gasteiger partial charge in [0.15, 0.2) is 0 Å². The molecule has 5 fully saturated rings. The standard InChI is InChI=1S/C26H32N2O/c29-25(26-14-20-11-21(15-26)13-22(12-20)16-26)28(23-8-9-23)18-24-7-4-10-27(24)17-19-5-2-1-3-6-19/h1-7,10,20-23H,8-9,11-18H2. The van der Waals surface area contributed by atoms with E-state index in [1.165, 1.54) is 62.6 Å². The van der Waals surface area contributed by atoms with Crippen molar-refractivity contribution < 1.29 is 4.79 Å². The summed E-state index contributed by atoms with van der Waals surface area (Å²) < 4.78 is 2.33. The summed E-state index contributed by atoms with van der Waals surface area (Å²) in [6, 6.07) is 15.5. The number of carbonyl (C=O) groups is 1. The first kappa shape index (κ1) is 17.8. The number of hydrogen-bond donors (Lipinski definition) is 0. The average Bonchev–Trinajstić information content (AvgIpc) is 3.46. The molecule has 0 atom stereocenters. The molecular formula is C26H32N2O. The molecule has 0 aliphatic heterocycles. The average molecular weight is 389 g/mol. The van der Waals surface area contributed by atoms with Crippen LogP contribution in [0.5, 0.6) is 0 Å². The smallest absolute Gasteiger partial charge is 0.229 e. The second kappa shape index (κ2) is 6.75. The summed E-state index contributed by atoms with van der Waals surface area (Å²) in [5.74, 6) is 2.99. The van der Waals surface area contributed by atoms with Crippen molar-refractivity contribution in [1.29, 1.82) is 0 Å². The highest BCUT2D eigenvalue weighted by molar-refractivity contribution is 5.84. The maximum Gasteiger partial charge on any atom is 0.229 e. The first-order valence-electron chi connectivity index (χ1n) is 11.7. The zero-order valence-corrected chi connectivity index (χ0v) is 17.3. The third kappa shape index (κ3) is 3.23. The number of benzene rings is 1. The molecule has 0 unspecified atom stereocenters. The maximum absolute atomic E-state index is 14.0. The van der Waals surface area contributed by atoms with Gasteiger partial charge in [0, 0.05) is 24.5 Å². The molecule has 5 aliphatic rings. The minimum absolute atomic E-state index is 0.0196. The molecule has 3 nitrogen and oxygen atoms in total. The summed E-state index contributed by atoms with van der Waals surface area (Å²) in [7, 11) is 0. The van der Waals surface area contributed by atoms with Crippen LogP contribution in [0.1, 0.15) is 62.6 Å². The number of nitrogens with zero attached hydrogens (tertiary/aromatic N) is 2. The van der Waals surface area contributed by atoms with E-state index in [1.54, 1.807) is 0 Å². The van der Waals surface area contributed by atoms with Crippen LogP contribution < -0.4 is 0 Å². The molecule has 152 valence electrons. The van der Waals surface area contributed by atoms with Gasteiger partial charge in [0.1, 0.15) is 0 Å². The van der Waals surface area contributed by atoms with Crippen molar-refractivity contribution >= 4 is 5.91 Å². The third-order valence-corrected chi connectivity index (χ3v) is 8.19. The van der Waals surface area contributed by atoms with Gasteiger partial charge in [-0.2, -0.15) is 0 Å². The molecule has 2 aromatic rings. The fraction of sp³-hybridized carbons (Fsp3) is 0.577. The maximum atomic E-state index is 14.0. The van der Waals surface area contributed by atoms with E-state index in [9.17, 15) is 4.79 Å². The van der Waals surface area contributed by atoms with Crippen molar-refractivity contribution in [3.63, 3.8) is 0 Å². The van der Waals surface area contributed by atoms with Gasteiger partial charge in [-0.25, -0.2) is 0 Å². The van der Waals surface area contributed by atoms with E-state index in [2.05, 4.69) is 58.1 Å². The molecule has 1 aromatic heterocycles. The quantitative estimate of drug-likeness (QED) is 0.664. The molecule has 29 heavy (non-hydrogen) atoms. The number of amides is 1. The van der Waals surface area contributed by atoms with Crippen LogP contribution in [0.25, 0.3) is 0 Å². The zero-order chi connectivity index (χ0) is 19.4. The van der Waals surface area contributed by atoms with Gasteiger partial charge in [-0.15, -0.1) is 0 Å². The molecule has 5 aliphatic carbocycles. The lowest BCUT2D eigenvalue weighted by molar-refractivity contribution is -0.159. The minimum Gasteiger partial charge on any atom is -0.345 e. The van der Waals surface area contributed by atoms with Crippen LogP contribution in [-0.4, -0.2) is 21.4 Å². The normalized spacial score (nSPS) is 32.5. The zero-order valence-electron chi connectivity index (χ0n) is 17.3. The summed E-state index contributed by atoms with van der Waals surface area (Å²) in [6.45, 7) is 1.66. The fourth-order valence-corrected chi connectivity index (χ4v) is 7.13. The number of aromatic nitrogens is 1. The van der Waals surface area contributed by atoms with Crippen molar-refractivity contribution in [2.45, 2.75) is 70.5 Å². The Morgan fingerprint density at radius 1 is 0.931 bits per heavy atom. The first-order chi connectivity index (χ1) is 14.2. The van der Waals surface area contributed by atoms with Gasteiger partial charge in [-0.3, -0.25) is 4.79 Å². The van der Waals surface area contributed by atoms with Crippen LogP contribution in [-0.2, 0) is 17.9 Å². The van der Waals surface area contributed by atoms with Gasteiger partial charge in [0.2, 0.25) is 5.91 Å². The second-order valence-electron chi connectivity index (χ2n) is 10.5. The molecule has 0 spiro atoms. The number of carbonyl (C=O) groups excluding carboxylic acids is 1. The van der Waals surface area contributed by atoms with Gasteiger partial charge in [-0.1, -0.05) is 30.3 Å². The van der Waals surface area contributed by atoms with Crippen LogP contribution >= 0.6 is 0 Å². The van der Waals surface area contributed by atoms with Crippen LogP contribution in [0, 0.1) is 23.2 Å². The Balaban J connectivity index is 1.24. The fourth-order valence-electron chi connectivity index (χ4n) is 7.13. The Morgan fingerprint density at radius 3 is 2.21 bits per heavy atom. The van der Waals surface area contributed by atoms with Crippen molar-refractivity contribution in [3.8, 4) is 0 Å². The van der Waals surface area contributed by atoms with E-state index in [-0.39, 0.29) is 5.41 Å². The summed E-state index contributed by atoms with van der Waals surface area (Å²) in [6.07, 6.45) is 12.3. The van der Waals surface area contributed by atoms with E-state index in [0.717, 1.165) is 30.8 Å². The summed E-state index contributed by atoms with van der Waals surface area (Å²) in [4.78, 5) is 16.3. The highest BCUT2D eigenvalue weighted by Gasteiger charge is 2.56.